The fourth-order valence-electron chi connectivity index (χ4n) is 7.81. The molecule has 0 saturated heterocycles. The first-order chi connectivity index (χ1) is 23.6. The molecule has 270 valence electrons. The minimum absolute atomic E-state index is 1.20. The first-order valence-electron chi connectivity index (χ1n) is 20.9. The number of halogens is 2. The van der Waals surface area contributed by atoms with E-state index in [1.54, 1.807) is 22.3 Å². The molecule has 0 saturated carbocycles. The highest BCUT2D eigenvalue weighted by Gasteiger charge is 2.19. The van der Waals surface area contributed by atoms with Gasteiger partial charge in [-0.05, 0) is 134 Å². The molecule has 0 aromatic heterocycles. The highest BCUT2D eigenvalue weighted by Crippen LogP contribution is 2.44. The van der Waals surface area contributed by atoms with Gasteiger partial charge >= 0.3 is 0 Å². The molecule has 48 heavy (non-hydrogen) atoms. The van der Waals surface area contributed by atoms with Crippen LogP contribution in [0.15, 0.2) is 33.2 Å². The molecule has 0 amide bonds. The molecule has 0 unspecified atom stereocenters. The Morgan fingerprint density at radius 1 is 0.354 bits per heavy atom. The number of fused-ring (bicyclic) bond motifs is 2. The van der Waals surface area contributed by atoms with Crippen LogP contribution in [-0.2, 0) is 25.7 Å². The van der Waals surface area contributed by atoms with Crippen molar-refractivity contribution in [3.05, 3.63) is 55.5 Å². The van der Waals surface area contributed by atoms with Gasteiger partial charge in [-0.15, -0.1) is 0 Å². The van der Waals surface area contributed by atoms with Crippen LogP contribution in [-0.4, -0.2) is 0 Å². The minimum Gasteiger partial charge on any atom is -0.0654 e. The first-order valence-corrected chi connectivity index (χ1v) is 22.5. The molecule has 0 aliphatic heterocycles. The molecule has 0 aliphatic rings. The van der Waals surface area contributed by atoms with Gasteiger partial charge in [0, 0.05) is 14.3 Å². The Morgan fingerprint density at radius 3 is 1.15 bits per heavy atom. The van der Waals surface area contributed by atoms with Gasteiger partial charge in [0.25, 0.3) is 0 Å². The molecule has 0 aliphatic carbocycles. The van der Waals surface area contributed by atoms with Crippen molar-refractivity contribution >= 4 is 53.4 Å². The Morgan fingerprint density at radius 2 is 0.708 bits per heavy atom. The van der Waals surface area contributed by atoms with E-state index < -0.39 is 0 Å². The third-order valence-corrected chi connectivity index (χ3v) is 12.5. The lowest BCUT2D eigenvalue weighted by Crippen LogP contribution is -2.01. The van der Waals surface area contributed by atoms with Crippen molar-refractivity contribution in [2.45, 2.75) is 207 Å². The van der Waals surface area contributed by atoms with Gasteiger partial charge in [-0.2, -0.15) is 0 Å². The monoisotopic (exact) mass is 782 g/mol. The standard InChI is InChI=1S/C46H72Br2/c1-5-9-13-17-21-25-29-37-33-34-41-44(40(37)32-28-24-20-16-12-8-4)46(48)43-36-39(31-27-23-19-15-11-7-3)38(35-42(43)45(41)47)30-26-22-18-14-10-6-2/h33-36H,5-32H2,1-4H3. The fraction of sp³-hybridized carbons (Fsp3) is 0.696. The van der Waals surface area contributed by atoms with E-state index in [1.165, 1.54) is 210 Å². The number of rotatable bonds is 28. The Balaban J connectivity index is 1.97. The lowest BCUT2D eigenvalue weighted by Gasteiger charge is -2.20. The van der Waals surface area contributed by atoms with Gasteiger partial charge in [0.15, 0.2) is 0 Å². The van der Waals surface area contributed by atoms with Gasteiger partial charge in [0.1, 0.15) is 0 Å². The molecule has 3 rings (SSSR count). The molecule has 0 spiro atoms. The molecule has 2 heteroatoms. The van der Waals surface area contributed by atoms with Crippen LogP contribution in [0.5, 0.6) is 0 Å². The van der Waals surface area contributed by atoms with Gasteiger partial charge in [-0.25, -0.2) is 0 Å². The Kier molecular flexibility index (Phi) is 21.8. The number of unbranched alkanes of at least 4 members (excludes halogenated alkanes) is 20. The van der Waals surface area contributed by atoms with Crippen LogP contribution in [0.3, 0.4) is 0 Å². The lowest BCUT2D eigenvalue weighted by molar-refractivity contribution is 0.599. The largest absolute Gasteiger partial charge is 0.0654 e. The summed E-state index contributed by atoms with van der Waals surface area (Å²) in [5, 5.41) is 5.70. The van der Waals surface area contributed by atoms with E-state index >= 15 is 0 Å². The van der Waals surface area contributed by atoms with Gasteiger partial charge in [-0.1, -0.05) is 168 Å². The summed E-state index contributed by atoms with van der Waals surface area (Å²) in [6, 6.07) is 10.1. The van der Waals surface area contributed by atoms with Gasteiger partial charge < -0.3 is 0 Å². The third-order valence-electron chi connectivity index (χ3n) is 10.9. The van der Waals surface area contributed by atoms with Crippen LogP contribution in [0.1, 0.15) is 204 Å². The normalized spacial score (nSPS) is 11.8. The maximum Gasteiger partial charge on any atom is 0.0335 e. The quantitative estimate of drug-likeness (QED) is 0.0508. The highest BCUT2D eigenvalue weighted by molar-refractivity contribution is 9.11. The summed E-state index contributed by atoms with van der Waals surface area (Å²) in [5.41, 5.74) is 6.44. The summed E-state index contributed by atoms with van der Waals surface area (Å²) in [6.07, 6.45) is 37.5. The summed E-state index contributed by atoms with van der Waals surface area (Å²) in [7, 11) is 0. The second-order valence-electron chi connectivity index (χ2n) is 15.0. The molecule has 0 N–H and O–H groups in total. The summed E-state index contributed by atoms with van der Waals surface area (Å²) in [5.74, 6) is 0. The average Bonchev–Trinajstić information content (AvgIpc) is 3.10. The highest BCUT2D eigenvalue weighted by atomic mass is 79.9. The molecule has 0 fully saturated rings. The van der Waals surface area contributed by atoms with E-state index in [4.69, 9.17) is 0 Å². The van der Waals surface area contributed by atoms with Crippen LogP contribution in [0, 0.1) is 0 Å². The Hall–Kier alpha value is -0.860. The topological polar surface area (TPSA) is 0 Å². The summed E-state index contributed by atoms with van der Waals surface area (Å²) in [6.45, 7) is 9.27. The zero-order chi connectivity index (χ0) is 34.4. The van der Waals surface area contributed by atoms with Gasteiger partial charge in [0.05, 0.1) is 0 Å². The Labute approximate surface area is 314 Å². The Bertz CT molecular complexity index is 1290. The molecule has 3 aromatic carbocycles. The van der Waals surface area contributed by atoms with E-state index in [0.29, 0.717) is 0 Å². The van der Waals surface area contributed by atoms with Gasteiger partial charge in [-0.3, -0.25) is 0 Å². The molecular formula is C46H72Br2. The van der Waals surface area contributed by atoms with E-state index in [0.717, 1.165) is 0 Å². The summed E-state index contributed by atoms with van der Waals surface area (Å²) >= 11 is 8.50. The maximum atomic E-state index is 4.29. The third kappa shape index (κ3) is 13.7. The van der Waals surface area contributed by atoms with Gasteiger partial charge in [0.2, 0.25) is 0 Å². The zero-order valence-corrected chi connectivity index (χ0v) is 35.0. The van der Waals surface area contributed by atoms with E-state index in [1.807, 2.05) is 0 Å². The smallest absolute Gasteiger partial charge is 0.0335 e. The number of hydrogen-bond acceptors (Lipinski definition) is 0. The molecule has 0 heterocycles. The van der Waals surface area contributed by atoms with Crippen LogP contribution in [0.4, 0.5) is 0 Å². The molecule has 0 atom stereocenters. The zero-order valence-electron chi connectivity index (χ0n) is 31.9. The van der Waals surface area contributed by atoms with E-state index in [-0.39, 0.29) is 0 Å². The lowest BCUT2D eigenvalue weighted by atomic mass is 9.88. The van der Waals surface area contributed by atoms with Crippen molar-refractivity contribution < 1.29 is 0 Å². The van der Waals surface area contributed by atoms with E-state index in [9.17, 15) is 0 Å². The maximum absolute atomic E-state index is 4.29. The molecule has 3 aromatic rings. The minimum atomic E-state index is 1.20. The first kappa shape index (κ1) is 41.6. The van der Waals surface area contributed by atoms with Crippen LogP contribution in [0.25, 0.3) is 21.5 Å². The van der Waals surface area contributed by atoms with E-state index in [2.05, 4.69) is 83.8 Å². The molecular weight excluding hydrogens is 712 g/mol. The van der Waals surface area contributed by atoms with Crippen molar-refractivity contribution in [2.75, 3.05) is 0 Å². The second kappa shape index (κ2) is 25.2. The van der Waals surface area contributed by atoms with Crippen molar-refractivity contribution in [1.29, 1.82) is 0 Å². The number of aryl methyl sites for hydroxylation is 4. The van der Waals surface area contributed by atoms with Crippen molar-refractivity contribution in [2.24, 2.45) is 0 Å². The average molecular weight is 785 g/mol. The molecule has 0 radical (unpaired) electrons. The second-order valence-corrected chi connectivity index (χ2v) is 16.6. The number of benzene rings is 3. The number of hydrogen-bond donors (Lipinski definition) is 0. The fourth-order valence-corrected chi connectivity index (χ4v) is 9.25. The van der Waals surface area contributed by atoms with Crippen molar-refractivity contribution in [3.8, 4) is 0 Å². The SMILES string of the molecule is CCCCCCCCc1cc2c(Br)c3ccc(CCCCCCCC)c(CCCCCCCC)c3c(Br)c2cc1CCCCCCCC. The summed E-state index contributed by atoms with van der Waals surface area (Å²) < 4.78 is 2.65. The predicted molar refractivity (Wildman–Crippen MR) is 225 cm³/mol. The van der Waals surface area contributed by atoms with Crippen molar-refractivity contribution in [3.63, 3.8) is 0 Å². The van der Waals surface area contributed by atoms with Crippen LogP contribution < -0.4 is 0 Å². The molecule has 0 nitrogen and oxygen atoms in total. The summed E-state index contributed by atoms with van der Waals surface area (Å²) in [4.78, 5) is 0. The molecule has 0 bridgehead atoms. The van der Waals surface area contributed by atoms with Crippen molar-refractivity contribution in [1.82, 2.24) is 0 Å². The van der Waals surface area contributed by atoms with Crippen LogP contribution >= 0.6 is 31.9 Å². The predicted octanol–water partition coefficient (Wildman–Crippen LogP) is 17.1. The van der Waals surface area contributed by atoms with Crippen LogP contribution in [0.2, 0.25) is 0 Å².